The molecule has 0 aromatic carbocycles. The number of alkyl carbamates (subject to hydrolysis) is 1. The maximum Gasteiger partial charge on any atom is 0.407 e. The third kappa shape index (κ3) is 6.64. The van der Waals surface area contributed by atoms with Crippen LogP contribution in [-0.4, -0.2) is 28.9 Å². The third-order valence-corrected chi connectivity index (χ3v) is 2.76. The second-order valence-electron chi connectivity index (χ2n) is 5.65. The Kier molecular flexibility index (Phi) is 6.99. The Labute approximate surface area is 110 Å². The quantitative estimate of drug-likeness (QED) is 0.719. The average Bonchev–Trinajstić information content (AvgIpc) is 2.22. The minimum absolute atomic E-state index is 0.174. The van der Waals surface area contributed by atoms with E-state index in [-0.39, 0.29) is 12.0 Å². The van der Waals surface area contributed by atoms with Crippen molar-refractivity contribution in [2.24, 2.45) is 5.92 Å². The van der Waals surface area contributed by atoms with E-state index in [2.05, 4.69) is 11.9 Å². The first-order chi connectivity index (χ1) is 8.21. The summed E-state index contributed by atoms with van der Waals surface area (Å²) in [5, 5.41) is 12.8. The van der Waals surface area contributed by atoms with Crippen molar-refractivity contribution in [3.63, 3.8) is 0 Å². The minimum Gasteiger partial charge on any atom is -0.444 e. The highest BCUT2D eigenvalue weighted by Gasteiger charge is 2.27. The van der Waals surface area contributed by atoms with Crippen molar-refractivity contribution >= 4 is 6.09 Å². The number of ether oxygens (including phenoxy) is 1. The van der Waals surface area contributed by atoms with Crippen molar-refractivity contribution in [1.29, 1.82) is 0 Å². The molecule has 0 aromatic heterocycles. The van der Waals surface area contributed by atoms with E-state index in [1.807, 2.05) is 34.6 Å². The van der Waals surface area contributed by atoms with Crippen molar-refractivity contribution in [3.8, 4) is 0 Å². The molecule has 0 radical (unpaired) electrons. The summed E-state index contributed by atoms with van der Waals surface area (Å²) < 4.78 is 5.20. The molecular formula is C14H27NO3. The molecule has 0 aliphatic carbocycles. The monoisotopic (exact) mass is 257 g/mol. The Morgan fingerprint density at radius 2 is 2.06 bits per heavy atom. The smallest absolute Gasteiger partial charge is 0.407 e. The van der Waals surface area contributed by atoms with Crippen LogP contribution in [0.2, 0.25) is 0 Å². The molecule has 1 amide bonds. The van der Waals surface area contributed by atoms with Gasteiger partial charge in [0.2, 0.25) is 0 Å². The van der Waals surface area contributed by atoms with Gasteiger partial charge in [0.1, 0.15) is 5.60 Å². The van der Waals surface area contributed by atoms with Crippen LogP contribution in [0.3, 0.4) is 0 Å². The Morgan fingerprint density at radius 3 is 2.44 bits per heavy atom. The zero-order chi connectivity index (χ0) is 14.3. The number of carbonyl (C=O) groups excluding carboxylic acids is 1. The number of hydrogen-bond acceptors (Lipinski definition) is 3. The third-order valence-electron chi connectivity index (χ3n) is 2.76. The van der Waals surface area contributed by atoms with Crippen molar-refractivity contribution < 1.29 is 14.6 Å². The molecule has 1 unspecified atom stereocenters. The van der Waals surface area contributed by atoms with E-state index in [9.17, 15) is 9.90 Å². The van der Waals surface area contributed by atoms with Crippen LogP contribution in [0.15, 0.2) is 12.7 Å². The van der Waals surface area contributed by atoms with Gasteiger partial charge in [-0.2, -0.15) is 0 Å². The molecular weight excluding hydrogens is 230 g/mol. The van der Waals surface area contributed by atoms with Crippen molar-refractivity contribution in [1.82, 2.24) is 5.32 Å². The van der Waals surface area contributed by atoms with Crippen LogP contribution in [0, 0.1) is 5.92 Å². The van der Waals surface area contributed by atoms with E-state index >= 15 is 0 Å². The zero-order valence-electron chi connectivity index (χ0n) is 12.2. The minimum atomic E-state index is -0.634. The van der Waals surface area contributed by atoms with Gasteiger partial charge in [-0.05, 0) is 33.1 Å². The summed E-state index contributed by atoms with van der Waals surface area (Å²) in [4.78, 5) is 11.7. The normalized spacial score (nSPS) is 16.6. The summed E-state index contributed by atoms with van der Waals surface area (Å²) in [7, 11) is 0. The maximum absolute atomic E-state index is 11.7. The molecule has 4 heteroatoms. The van der Waals surface area contributed by atoms with Crippen LogP contribution in [0.5, 0.6) is 0 Å². The van der Waals surface area contributed by atoms with Crippen LogP contribution in [0.1, 0.15) is 47.5 Å². The molecule has 4 nitrogen and oxygen atoms in total. The van der Waals surface area contributed by atoms with E-state index < -0.39 is 17.8 Å². The van der Waals surface area contributed by atoms with Crippen LogP contribution < -0.4 is 5.32 Å². The predicted molar refractivity (Wildman–Crippen MR) is 73.4 cm³/mol. The van der Waals surface area contributed by atoms with E-state index in [0.29, 0.717) is 6.42 Å². The van der Waals surface area contributed by atoms with Crippen LogP contribution in [0.25, 0.3) is 0 Å². The lowest BCUT2D eigenvalue weighted by molar-refractivity contribution is 0.0368. The van der Waals surface area contributed by atoms with Gasteiger partial charge >= 0.3 is 6.09 Å². The van der Waals surface area contributed by atoms with Crippen molar-refractivity contribution in [2.45, 2.75) is 65.2 Å². The van der Waals surface area contributed by atoms with Crippen LogP contribution in [-0.2, 0) is 4.74 Å². The molecule has 0 spiro atoms. The Hall–Kier alpha value is -1.03. The molecule has 0 heterocycles. The van der Waals surface area contributed by atoms with Gasteiger partial charge in [-0.25, -0.2) is 4.79 Å². The van der Waals surface area contributed by atoms with Crippen molar-refractivity contribution in [2.75, 3.05) is 0 Å². The second-order valence-corrected chi connectivity index (χ2v) is 5.65. The lowest BCUT2D eigenvalue weighted by atomic mass is 9.93. The average molecular weight is 257 g/mol. The molecule has 0 saturated heterocycles. The fourth-order valence-corrected chi connectivity index (χ4v) is 1.63. The summed E-state index contributed by atoms with van der Waals surface area (Å²) in [5.74, 6) is 0.174. The maximum atomic E-state index is 11.7. The number of amides is 1. The number of aliphatic hydroxyl groups excluding tert-OH is 1. The largest absolute Gasteiger partial charge is 0.444 e. The van der Waals surface area contributed by atoms with E-state index in [1.54, 1.807) is 6.08 Å². The van der Waals surface area contributed by atoms with Gasteiger partial charge in [-0.1, -0.05) is 26.3 Å². The van der Waals surface area contributed by atoms with E-state index in [0.717, 1.165) is 6.42 Å². The Bertz CT molecular complexity index is 271. The summed E-state index contributed by atoms with van der Waals surface area (Å²) >= 11 is 0. The number of hydrogen-bond donors (Lipinski definition) is 2. The summed E-state index contributed by atoms with van der Waals surface area (Å²) in [6.45, 7) is 13.1. The van der Waals surface area contributed by atoms with Gasteiger partial charge in [0.05, 0.1) is 12.1 Å². The van der Waals surface area contributed by atoms with Gasteiger partial charge in [-0.3, -0.25) is 0 Å². The lowest BCUT2D eigenvalue weighted by Crippen LogP contribution is -2.48. The summed E-state index contributed by atoms with van der Waals surface area (Å²) in [5.41, 5.74) is -0.534. The molecule has 0 aliphatic rings. The highest BCUT2D eigenvalue weighted by molar-refractivity contribution is 5.68. The van der Waals surface area contributed by atoms with Gasteiger partial charge in [0, 0.05) is 0 Å². The predicted octanol–water partition coefficient (Wildman–Crippen LogP) is 2.86. The van der Waals surface area contributed by atoms with Gasteiger partial charge in [0.25, 0.3) is 0 Å². The first-order valence-corrected chi connectivity index (χ1v) is 6.49. The lowest BCUT2D eigenvalue weighted by Gasteiger charge is -2.30. The molecule has 0 saturated carbocycles. The standard InChI is InChI=1S/C14H27NO3/c1-7-9-11(16)12(10(3)8-2)15-13(17)18-14(4,5)6/h7,10-12,16H,1,8-9H2,2-6H3,(H,15,17)/t10?,11-,12-/m0/s1. The topological polar surface area (TPSA) is 58.6 Å². The number of nitrogens with one attached hydrogen (secondary N) is 1. The molecule has 0 fully saturated rings. The zero-order valence-corrected chi connectivity index (χ0v) is 12.2. The molecule has 0 rings (SSSR count). The van der Waals surface area contributed by atoms with E-state index in [4.69, 9.17) is 4.74 Å². The number of aliphatic hydroxyl groups is 1. The first-order valence-electron chi connectivity index (χ1n) is 6.49. The van der Waals surface area contributed by atoms with Crippen LogP contribution in [0.4, 0.5) is 4.79 Å². The number of carbonyl (C=O) groups is 1. The van der Waals surface area contributed by atoms with Gasteiger partial charge in [0.15, 0.2) is 0 Å². The molecule has 0 aliphatic heterocycles. The highest BCUT2D eigenvalue weighted by atomic mass is 16.6. The molecule has 0 aromatic rings. The van der Waals surface area contributed by atoms with Gasteiger partial charge < -0.3 is 15.2 Å². The van der Waals surface area contributed by atoms with Crippen molar-refractivity contribution in [3.05, 3.63) is 12.7 Å². The molecule has 0 bridgehead atoms. The second kappa shape index (κ2) is 7.41. The molecule has 18 heavy (non-hydrogen) atoms. The fourth-order valence-electron chi connectivity index (χ4n) is 1.63. The van der Waals surface area contributed by atoms with E-state index in [1.165, 1.54) is 0 Å². The molecule has 2 N–H and O–H groups in total. The van der Waals surface area contributed by atoms with Crippen LogP contribution >= 0.6 is 0 Å². The Balaban J connectivity index is 4.59. The molecule has 106 valence electrons. The SMILES string of the molecule is C=CC[C@H](O)[C@@H](NC(=O)OC(C)(C)C)C(C)CC. The number of rotatable bonds is 6. The highest BCUT2D eigenvalue weighted by Crippen LogP contribution is 2.15. The van der Waals surface area contributed by atoms with Gasteiger partial charge in [-0.15, -0.1) is 6.58 Å². The molecule has 3 atom stereocenters. The fraction of sp³-hybridized carbons (Fsp3) is 0.786. The first kappa shape index (κ1) is 17.0. The Morgan fingerprint density at radius 1 is 1.50 bits per heavy atom. The summed E-state index contributed by atoms with van der Waals surface area (Å²) in [6.07, 6.45) is 1.84. The summed E-state index contributed by atoms with van der Waals surface area (Å²) in [6, 6.07) is -0.317.